The summed E-state index contributed by atoms with van der Waals surface area (Å²) >= 11 is 0. The van der Waals surface area contributed by atoms with Gasteiger partial charge in [-0.3, -0.25) is 9.68 Å². The van der Waals surface area contributed by atoms with Crippen molar-refractivity contribution in [3.05, 3.63) is 167 Å². The van der Waals surface area contributed by atoms with Gasteiger partial charge in [0, 0.05) is 48.1 Å². The molecule has 4 aromatic carbocycles. The van der Waals surface area contributed by atoms with Gasteiger partial charge in [0.15, 0.2) is 30.8 Å². The Labute approximate surface area is 428 Å². The predicted molar refractivity (Wildman–Crippen MR) is 276 cm³/mol. The Morgan fingerprint density at radius 2 is 1.07 bits per heavy atom. The maximum atomic E-state index is 15.7. The van der Waals surface area contributed by atoms with Crippen molar-refractivity contribution < 1.29 is 41.9 Å². The van der Waals surface area contributed by atoms with Crippen molar-refractivity contribution in [2.45, 2.75) is 83.5 Å². The number of pyridine rings is 3. The lowest BCUT2D eigenvalue weighted by atomic mass is 9.88. The van der Waals surface area contributed by atoms with Gasteiger partial charge in [-0.25, -0.2) is 27.8 Å². The highest BCUT2D eigenvalue weighted by molar-refractivity contribution is 5.88. The standard InChI is InChI=1S/C59H59F3N9O3/c60-46-18-21-49-54-57(46)72-67-29-3-9-43(35-67)7-1-6-39-12-14-41-24-30-70-52(33-41)68-37-65(50-22-19-47(61)58(73-70)55(50)68)27-2-8-40-16-17-44(45(32-40)11-5-26-64(49)36-63-54)10-4-28-66-38-69-53-34-42(15-13-39)25-31-71(53)74-59-48(62)20-23-51(66)56(59)69/h3,9,16-25,29-35,39,63H,1-2,4-8,10-15,26-28,36-38H2/q+3. The van der Waals surface area contributed by atoms with Crippen LogP contribution in [0.1, 0.15) is 78.3 Å². The van der Waals surface area contributed by atoms with Gasteiger partial charge in [-0.1, -0.05) is 24.6 Å². The quantitative estimate of drug-likeness (QED) is 0.150. The number of aromatic nitrogens is 3. The highest BCUT2D eigenvalue weighted by atomic mass is 19.1. The summed E-state index contributed by atoms with van der Waals surface area (Å²) in [6.07, 6.45) is 19.5. The number of halogens is 3. The van der Waals surface area contributed by atoms with E-state index in [0.717, 1.165) is 149 Å². The second-order valence-electron chi connectivity index (χ2n) is 21.1. The van der Waals surface area contributed by atoms with Crippen molar-refractivity contribution >= 4 is 45.8 Å². The predicted octanol–water partition coefficient (Wildman–Crippen LogP) is 9.87. The summed E-state index contributed by atoms with van der Waals surface area (Å²) < 4.78 is 52.1. The van der Waals surface area contributed by atoms with Gasteiger partial charge < -0.3 is 20.0 Å². The number of nitrogens with zero attached hydrogens (tertiary/aromatic N) is 8. The summed E-state index contributed by atoms with van der Waals surface area (Å²) in [4.78, 5) is 30.5. The molecule has 8 aliphatic rings. The van der Waals surface area contributed by atoms with E-state index in [1.807, 2.05) is 49.1 Å². The Hall–Kier alpha value is -7.68. The Balaban J connectivity index is 0.849. The summed E-state index contributed by atoms with van der Waals surface area (Å²) in [6.45, 7) is 4.15. The van der Waals surface area contributed by atoms with Crippen LogP contribution >= 0.6 is 0 Å². The van der Waals surface area contributed by atoms with Crippen molar-refractivity contribution in [3.8, 4) is 17.2 Å². The van der Waals surface area contributed by atoms with Crippen molar-refractivity contribution in [1.82, 2.24) is 0 Å². The van der Waals surface area contributed by atoms with E-state index in [0.29, 0.717) is 31.6 Å². The number of anilines is 8. The number of benzene rings is 4. The van der Waals surface area contributed by atoms with E-state index in [9.17, 15) is 0 Å². The molecule has 15 rings (SSSR count). The van der Waals surface area contributed by atoms with Gasteiger partial charge in [0.05, 0.1) is 23.7 Å². The van der Waals surface area contributed by atoms with Crippen LogP contribution in [0.5, 0.6) is 17.2 Å². The highest BCUT2D eigenvalue weighted by Crippen LogP contribution is 2.51. The molecular weight excluding hydrogens is 940 g/mol. The number of hydrogen-bond acceptors (Lipinski definition) is 9. The second kappa shape index (κ2) is 18.4. The number of hydrogen-bond donors (Lipinski definition) is 1. The van der Waals surface area contributed by atoms with Gasteiger partial charge in [0.25, 0.3) is 17.2 Å². The van der Waals surface area contributed by atoms with Crippen molar-refractivity contribution in [2.75, 3.05) is 69.5 Å². The third-order valence-electron chi connectivity index (χ3n) is 16.4. The molecular formula is C59H59F3N9O3+3. The smallest absolute Gasteiger partial charge is 0.323 e. The molecule has 74 heavy (non-hydrogen) atoms. The molecule has 0 aliphatic carbocycles. The molecule has 0 amide bonds. The lowest BCUT2D eigenvalue weighted by Crippen LogP contribution is -2.48. The van der Waals surface area contributed by atoms with E-state index in [1.165, 1.54) is 46.0 Å². The molecule has 7 aromatic rings. The third-order valence-corrected chi connectivity index (χ3v) is 16.4. The molecule has 0 saturated carbocycles. The molecule has 1 unspecified atom stereocenters. The van der Waals surface area contributed by atoms with Crippen LogP contribution in [-0.4, -0.2) is 39.6 Å². The first kappa shape index (κ1) is 45.0. The minimum atomic E-state index is -0.405. The molecule has 15 heteroatoms. The first-order valence-corrected chi connectivity index (χ1v) is 26.6. The van der Waals surface area contributed by atoms with Gasteiger partial charge in [-0.05, 0) is 175 Å². The topological polar surface area (TPSA) is 67.6 Å². The molecule has 11 heterocycles. The van der Waals surface area contributed by atoms with E-state index in [4.69, 9.17) is 14.5 Å². The molecule has 18 bridgehead atoms. The van der Waals surface area contributed by atoms with Gasteiger partial charge >= 0.3 is 11.6 Å². The van der Waals surface area contributed by atoms with Gasteiger partial charge in [-0.2, -0.15) is 0 Å². The molecule has 0 radical (unpaired) electrons. The fourth-order valence-electron chi connectivity index (χ4n) is 12.6. The van der Waals surface area contributed by atoms with Gasteiger partial charge in [0.2, 0.25) is 23.8 Å². The minimum Gasteiger partial charge on any atom is -0.363 e. The summed E-state index contributed by atoms with van der Waals surface area (Å²) in [5.41, 5.74) is 12.6. The number of nitrogens with one attached hydrogen (secondary N) is 1. The van der Waals surface area contributed by atoms with Crippen LogP contribution in [0.3, 0.4) is 0 Å². The SMILES string of the molecule is Fc1ccc2c3c1O[n+]1cccc(c1)CCCC1CCc4cc[n+]5c(c4)N4CN(CCCc6ccc(c(c6)CCCN2CN3)CCCN2CN3c6c2ccc(F)c6O[n+]2ccc(cc23)CC1)c1ccc(F)c(c14)O5. The molecule has 376 valence electrons. The van der Waals surface area contributed by atoms with Crippen LogP contribution in [0, 0.1) is 23.4 Å². The largest absolute Gasteiger partial charge is 0.363 e. The highest BCUT2D eigenvalue weighted by Gasteiger charge is 2.46. The Bertz CT molecular complexity index is 3370. The zero-order valence-corrected chi connectivity index (χ0v) is 41.4. The van der Waals surface area contributed by atoms with Crippen molar-refractivity contribution in [2.24, 2.45) is 5.92 Å². The fraction of sp³-hybridized carbons (Fsp3) is 0.339. The average molecular weight is 999 g/mol. The van der Waals surface area contributed by atoms with Crippen LogP contribution in [-0.2, 0) is 38.5 Å². The first-order chi connectivity index (χ1) is 36.3. The van der Waals surface area contributed by atoms with Crippen LogP contribution in [0.15, 0.2) is 116 Å². The Kier molecular flexibility index (Phi) is 11.2. The number of fused-ring (bicyclic) bond motifs is 6. The van der Waals surface area contributed by atoms with E-state index < -0.39 is 5.82 Å². The van der Waals surface area contributed by atoms with E-state index >= 15 is 13.2 Å². The van der Waals surface area contributed by atoms with Crippen molar-refractivity contribution in [1.29, 1.82) is 0 Å². The fourth-order valence-corrected chi connectivity index (χ4v) is 12.6. The molecule has 12 nitrogen and oxygen atoms in total. The first-order valence-electron chi connectivity index (χ1n) is 26.6. The molecule has 3 aromatic heterocycles. The maximum absolute atomic E-state index is 15.7. The van der Waals surface area contributed by atoms with Crippen LogP contribution < -0.4 is 58.5 Å². The maximum Gasteiger partial charge on any atom is 0.323 e. The summed E-state index contributed by atoms with van der Waals surface area (Å²) in [7, 11) is 0. The van der Waals surface area contributed by atoms with E-state index in [1.54, 1.807) is 14.2 Å². The van der Waals surface area contributed by atoms with Crippen LogP contribution in [0.25, 0.3) is 0 Å². The summed E-state index contributed by atoms with van der Waals surface area (Å²) in [6, 6.07) is 30.0. The number of rotatable bonds is 0. The third kappa shape index (κ3) is 8.02. The van der Waals surface area contributed by atoms with Crippen LogP contribution in [0.2, 0.25) is 0 Å². The average Bonchev–Trinajstić information content (AvgIpc) is 4.17. The zero-order chi connectivity index (χ0) is 49.4. The minimum absolute atomic E-state index is 0.200. The van der Waals surface area contributed by atoms with Crippen LogP contribution in [0.4, 0.5) is 58.9 Å². The normalized spacial score (nSPS) is 18.7. The van der Waals surface area contributed by atoms with E-state index in [-0.39, 0.29) is 28.9 Å². The zero-order valence-electron chi connectivity index (χ0n) is 41.4. The summed E-state index contributed by atoms with van der Waals surface area (Å²) in [5.74, 6) is 1.77. The van der Waals surface area contributed by atoms with Gasteiger partial charge in [-0.15, -0.1) is 0 Å². The molecule has 8 aliphatic heterocycles. The Morgan fingerprint density at radius 3 is 1.74 bits per heavy atom. The molecule has 0 spiro atoms. The van der Waals surface area contributed by atoms with E-state index in [2.05, 4.69) is 78.3 Å². The van der Waals surface area contributed by atoms with Crippen molar-refractivity contribution in [3.63, 3.8) is 0 Å². The Morgan fingerprint density at radius 1 is 0.486 bits per heavy atom. The lowest BCUT2D eigenvalue weighted by Gasteiger charge is -2.22. The summed E-state index contributed by atoms with van der Waals surface area (Å²) in [5, 5.41) is 3.47. The monoisotopic (exact) mass is 998 g/mol. The second-order valence-corrected chi connectivity index (χ2v) is 21.1. The molecule has 1 N–H and O–H groups in total. The number of aryl methyl sites for hydroxylation is 6. The lowest BCUT2D eigenvalue weighted by molar-refractivity contribution is -0.875. The molecule has 1 atom stereocenters. The van der Waals surface area contributed by atoms with Gasteiger partial charge in [0.1, 0.15) is 18.1 Å². The molecule has 0 saturated heterocycles. The molecule has 0 fully saturated rings.